The van der Waals surface area contributed by atoms with Crippen LogP contribution in [0.1, 0.15) is 0 Å². The van der Waals surface area contributed by atoms with Crippen molar-refractivity contribution in [3.8, 4) is 22.3 Å². The standard InChI is InChI=1S/C33H26N2.2C31H26N2.C29H24N2/c1-34(33-31-18-10-8-12-25(31)24-26-13-9-11-19-32(26)33)27-20-22-30(23-21-27)35(28-14-4-2-5-15-28)29-16-6-3-7-17-29;1-32(31-19-11-14-26(24-31)25-12-5-2-6-13-25)27-20-22-30(23-21-27)33(28-15-7-3-8-16-28)29-17-9-4-10-18-29;1-32(27-19-17-26(18-20-27)25-11-5-2-6-12-25)28-21-23-31(24-22-28)33(29-13-7-3-8-14-29)30-15-9-4-10-16-30;1-30(29-17-16-23-10-8-9-11-24(23)22-29)25-18-20-28(21-19-25)31(26-12-4-2-5-13-26)27-14-6-3-7-15-27/h2-24H,1H3;2*2-24H,1H3;2-22H,1H3. The summed E-state index contributed by atoms with van der Waals surface area (Å²) in [7, 11) is 8.50. The smallest absolute Gasteiger partial charge is 0.0567 e. The van der Waals surface area contributed by atoms with Crippen molar-refractivity contribution in [2.45, 2.75) is 0 Å². The second kappa shape index (κ2) is 41.5. The highest BCUT2D eigenvalue weighted by Gasteiger charge is 2.21. The van der Waals surface area contributed by atoms with Crippen LogP contribution in [0.4, 0.5) is 114 Å². The van der Waals surface area contributed by atoms with E-state index < -0.39 is 0 Å². The van der Waals surface area contributed by atoms with Crippen molar-refractivity contribution in [2.24, 2.45) is 0 Å². The van der Waals surface area contributed by atoms with E-state index in [-0.39, 0.29) is 0 Å². The van der Waals surface area contributed by atoms with Crippen molar-refractivity contribution in [1.82, 2.24) is 0 Å². The van der Waals surface area contributed by atoms with Crippen LogP contribution in [0.3, 0.4) is 0 Å². The molecule has 638 valence electrons. The van der Waals surface area contributed by atoms with Crippen molar-refractivity contribution < 1.29 is 0 Å². The van der Waals surface area contributed by atoms with E-state index in [9.17, 15) is 0 Å². The van der Waals surface area contributed by atoms with Crippen LogP contribution >= 0.6 is 0 Å². The van der Waals surface area contributed by atoms with Crippen molar-refractivity contribution in [2.75, 3.05) is 67.4 Å². The molecule has 0 fully saturated rings. The fourth-order valence-corrected chi connectivity index (χ4v) is 17.1. The van der Waals surface area contributed by atoms with E-state index in [0.29, 0.717) is 0 Å². The summed E-state index contributed by atoms with van der Waals surface area (Å²) >= 11 is 0. The number of para-hydroxylation sites is 8. The molecule has 0 saturated carbocycles. The van der Waals surface area contributed by atoms with E-state index in [1.807, 2.05) is 42.5 Å². The summed E-state index contributed by atoms with van der Waals surface area (Å²) < 4.78 is 0. The first-order valence-corrected chi connectivity index (χ1v) is 44.8. The summed E-state index contributed by atoms with van der Waals surface area (Å²) in [5.74, 6) is 0. The lowest BCUT2D eigenvalue weighted by Crippen LogP contribution is -2.12. The highest BCUT2D eigenvalue weighted by Crippen LogP contribution is 2.44. The van der Waals surface area contributed by atoms with Crippen LogP contribution in [-0.4, -0.2) is 28.2 Å². The monoisotopic (exact) mass is 1700 g/mol. The molecule has 21 aromatic carbocycles. The van der Waals surface area contributed by atoms with Crippen LogP contribution in [-0.2, 0) is 0 Å². The van der Waals surface area contributed by atoms with Gasteiger partial charge in [-0.1, -0.05) is 309 Å². The molecule has 0 atom stereocenters. The van der Waals surface area contributed by atoms with Gasteiger partial charge in [-0.3, -0.25) is 0 Å². The van der Waals surface area contributed by atoms with Gasteiger partial charge in [-0.25, -0.2) is 0 Å². The van der Waals surface area contributed by atoms with Crippen LogP contribution in [0.2, 0.25) is 0 Å². The predicted molar refractivity (Wildman–Crippen MR) is 566 cm³/mol. The minimum Gasteiger partial charge on any atom is -0.345 e. The van der Waals surface area contributed by atoms with Crippen LogP contribution in [0, 0.1) is 0 Å². The molecular weight excluding hydrogens is 1600 g/mol. The molecule has 8 heteroatoms. The van der Waals surface area contributed by atoms with E-state index >= 15 is 0 Å². The molecule has 132 heavy (non-hydrogen) atoms. The van der Waals surface area contributed by atoms with Gasteiger partial charge in [0.25, 0.3) is 0 Å². The maximum atomic E-state index is 2.31. The summed E-state index contributed by atoms with van der Waals surface area (Å²) in [6.07, 6.45) is 0. The van der Waals surface area contributed by atoms with Gasteiger partial charge in [-0.15, -0.1) is 0 Å². The van der Waals surface area contributed by atoms with Crippen molar-refractivity contribution in [3.63, 3.8) is 0 Å². The number of fused-ring (bicyclic) bond motifs is 3. The summed E-state index contributed by atoms with van der Waals surface area (Å²) in [4.78, 5) is 18.1. The van der Waals surface area contributed by atoms with Gasteiger partial charge in [0.1, 0.15) is 0 Å². The van der Waals surface area contributed by atoms with Crippen LogP contribution in [0.25, 0.3) is 54.6 Å². The van der Waals surface area contributed by atoms with Crippen molar-refractivity contribution in [1.29, 1.82) is 0 Å². The number of hydrogen-bond acceptors (Lipinski definition) is 8. The molecule has 0 radical (unpaired) electrons. The summed E-state index contributed by atoms with van der Waals surface area (Å²) in [5, 5.41) is 7.54. The minimum absolute atomic E-state index is 1.13. The topological polar surface area (TPSA) is 25.9 Å². The zero-order chi connectivity index (χ0) is 89.6. The molecule has 0 spiro atoms. The van der Waals surface area contributed by atoms with E-state index in [0.717, 1.165) is 102 Å². The maximum Gasteiger partial charge on any atom is 0.0567 e. The fourth-order valence-electron chi connectivity index (χ4n) is 17.1. The Kier molecular flexibility index (Phi) is 26.9. The van der Waals surface area contributed by atoms with Crippen molar-refractivity contribution >= 4 is 146 Å². The number of benzene rings is 21. The molecule has 0 heterocycles. The molecule has 0 unspecified atom stereocenters. The Morgan fingerprint density at radius 2 is 0.311 bits per heavy atom. The summed E-state index contributed by atoms with van der Waals surface area (Å²) in [6.45, 7) is 0. The zero-order valence-electron chi connectivity index (χ0n) is 74.5. The Hall–Kier alpha value is -17.2. The van der Waals surface area contributed by atoms with Gasteiger partial charge in [0, 0.05) is 147 Å². The molecule has 21 aromatic rings. The van der Waals surface area contributed by atoms with Crippen LogP contribution in [0.5, 0.6) is 0 Å². The first-order chi connectivity index (χ1) is 65.2. The lowest BCUT2D eigenvalue weighted by atomic mass is 10.00. The molecule has 0 aliphatic heterocycles. The largest absolute Gasteiger partial charge is 0.345 e. The molecule has 0 aliphatic rings. The first kappa shape index (κ1) is 85.6. The maximum absolute atomic E-state index is 2.31. The third-order valence-corrected chi connectivity index (χ3v) is 24.0. The molecule has 0 aromatic heterocycles. The molecule has 0 amide bonds. The van der Waals surface area contributed by atoms with Gasteiger partial charge in [0.2, 0.25) is 0 Å². The number of anilines is 20. The van der Waals surface area contributed by atoms with Gasteiger partial charge in [0.15, 0.2) is 0 Å². The summed E-state index contributed by atoms with van der Waals surface area (Å²) in [6, 6.07) is 192. The van der Waals surface area contributed by atoms with Crippen molar-refractivity contribution in [3.05, 3.63) is 546 Å². The SMILES string of the molecule is CN(c1ccc(-c2ccccc2)cc1)c1ccc(N(c2ccccc2)c2ccccc2)cc1.CN(c1ccc(N(c2ccccc2)c2ccccc2)cc1)c1c2ccccc2cc2ccccc12.CN(c1ccc(N(c2ccccc2)c2ccccc2)cc1)c1ccc2ccccc2c1.CN(c1ccc(N(c2ccccc2)c2ccccc2)cc1)c1cccc(-c2ccccc2)c1. The molecule has 21 rings (SSSR count). The Labute approximate surface area is 776 Å². The van der Waals surface area contributed by atoms with E-state index in [1.54, 1.807) is 0 Å². The number of nitrogens with zero attached hydrogens (tertiary/aromatic N) is 8. The van der Waals surface area contributed by atoms with Gasteiger partial charge in [0.05, 0.1) is 5.69 Å². The molecule has 0 saturated heterocycles. The van der Waals surface area contributed by atoms with E-state index in [4.69, 9.17) is 0 Å². The Morgan fingerprint density at radius 1 is 0.114 bits per heavy atom. The Balaban J connectivity index is 0.000000118. The first-order valence-electron chi connectivity index (χ1n) is 44.8. The van der Waals surface area contributed by atoms with Crippen LogP contribution < -0.4 is 39.2 Å². The van der Waals surface area contributed by atoms with Gasteiger partial charge in [-0.2, -0.15) is 0 Å². The molecule has 0 bridgehead atoms. The second-order valence-electron chi connectivity index (χ2n) is 32.4. The Morgan fingerprint density at radius 3 is 0.629 bits per heavy atom. The van der Waals surface area contributed by atoms with E-state index in [2.05, 4.69) is 571 Å². The normalized spacial score (nSPS) is 10.7. The van der Waals surface area contributed by atoms with Gasteiger partial charge in [-0.05, 0) is 280 Å². The fraction of sp³-hybridized carbons (Fsp3) is 0.0323. The predicted octanol–water partition coefficient (Wildman–Crippen LogP) is 34.5. The molecular formula is C124H102N8. The summed E-state index contributed by atoms with van der Waals surface area (Å²) in [5.41, 5.74) is 27.9. The number of rotatable bonds is 22. The quantitative estimate of drug-likeness (QED) is 0.0620. The highest BCUT2D eigenvalue weighted by atomic mass is 15.2. The molecule has 0 N–H and O–H groups in total. The van der Waals surface area contributed by atoms with E-state index in [1.165, 1.54) is 65.9 Å². The average Bonchev–Trinajstić information content (AvgIpc) is 0.756. The highest BCUT2D eigenvalue weighted by molar-refractivity contribution is 6.12. The molecule has 8 nitrogen and oxygen atoms in total. The second-order valence-corrected chi connectivity index (χ2v) is 32.4. The average molecular weight is 1700 g/mol. The lowest BCUT2D eigenvalue weighted by Gasteiger charge is -2.27. The Bertz CT molecular complexity index is 6990. The lowest BCUT2D eigenvalue weighted by molar-refractivity contribution is 1.20. The number of hydrogen-bond donors (Lipinski definition) is 0. The third-order valence-electron chi connectivity index (χ3n) is 24.0. The van der Waals surface area contributed by atoms with Gasteiger partial charge < -0.3 is 39.2 Å². The van der Waals surface area contributed by atoms with Crippen LogP contribution in [0.15, 0.2) is 546 Å². The minimum atomic E-state index is 1.13. The third kappa shape index (κ3) is 20.1. The van der Waals surface area contributed by atoms with Gasteiger partial charge >= 0.3 is 0 Å². The zero-order valence-corrected chi connectivity index (χ0v) is 74.5. The molecule has 0 aliphatic carbocycles.